The fourth-order valence-electron chi connectivity index (χ4n) is 1.08. The molecule has 0 aliphatic rings. The van der Waals surface area contributed by atoms with Crippen LogP contribution in [0.25, 0.3) is 0 Å². The number of rotatable bonds is 3. The van der Waals surface area contributed by atoms with Gasteiger partial charge in [0.25, 0.3) is 0 Å². The van der Waals surface area contributed by atoms with Gasteiger partial charge in [-0.05, 0) is 19.1 Å². The summed E-state index contributed by atoms with van der Waals surface area (Å²) in [5.41, 5.74) is 13.5. The summed E-state index contributed by atoms with van der Waals surface area (Å²) in [5, 5.41) is 0. The molecule has 16 heavy (non-hydrogen) atoms. The average Bonchev–Trinajstić information content (AvgIpc) is 2.21. The first-order valence-electron chi connectivity index (χ1n) is 5.04. The van der Waals surface area contributed by atoms with E-state index in [2.05, 4.69) is 4.99 Å². The number of hydrogen-bond acceptors (Lipinski definition) is 3. The molecule has 0 bridgehead atoms. The smallest absolute Gasteiger partial charge is 0.127 e. The van der Waals surface area contributed by atoms with Crippen molar-refractivity contribution in [1.29, 1.82) is 0 Å². The highest BCUT2D eigenvalue weighted by Crippen LogP contribution is 2.12. The number of hydrogen-bond donors (Lipinski definition) is 2. The van der Waals surface area contributed by atoms with Crippen molar-refractivity contribution in [3.05, 3.63) is 41.7 Å². The van der Waals surface area contributed by atoms with Crippen LogP contribution in [-0.4, -0.2) is 24.8 Å². The van der Waals surface area contributed by atoms with E-state index >= 15 is 0 Å². The van der Waals surface area contributed by atoms with E-state index in [4.69, 9.17) is 11.5 Å². The second-order valence-electron chi connectivity index (χ2n) is 3.84. The molecule has 0 aliphatic heterocycles. The van der Waals surface area contributed by atoms with E-state index in [-0.39, 0.29) is 0 Å². The number of aliphatic imine (C=N–C) groups is 1. The van der Waals surface area contributed by atoms with Crippen LogP contribution in [0.2, 0.25) is 0 Å². The van der Waals surface area contributed by atoms with Crippen LogP contribution in [0.4, 0.5) is 5.69 Å². The Morgan fingerprint density at radius 1 is 1.19 bits per heavy atom. The third-order valence-corrected chi connectivity index (χ3v) is 2.10. The van der Waals surface area contributed by atoms with Crippen LogP contribution < -0.4 is 11.5 Å². The highest BCUT2D eigenvalue weighted by atomic mass is 15.1. The van der Waals surface area contributed by atoms with Gasteiger partial charge in [0.1, 0.15) is 11.7 Å². The van der Waals surface area contributed by atoms with Crippen LogP contribution in [0.3, 0.4) is 0 Å². The molecule has 0 heterocycles. The third-order valence-electron chi connectivity index (χ3n) is 2.10. The number of benzene rings is 1. The topological polar surface area (TPSA) is 67.6 Å². The predicted octanol–water partition coefficient (Wildman–Crippen LogP) is 1.35. The summed E-state index contributed by atoms with van der Waals surface area (Å²) in [4.78, 5) is 6.01. The Bertz CT molecular complexity index is 402. The third kappa shape index (κ3) is 3.65. The molecule has 0 amide bonds. The van der Waals surface area contributed by atoms with Gasteiger partial charge in [0.05, 0.1) is 5.69 Å². The number of nitrogens with zero attached hydrogens (tertiary/aromatic N) is 2. The minimum atomic E-state index is 0.398. The van der Waals surface area contributed by atoms with Crippen molar-refractivity contribution in [2.45, 2.75) is 6.92 Å². The Kier molecular flexibility index (Phi) is 3.94. The van der Waals surface area contributed by atoms with Gasteiger partial charge in [0.2, 0.25) is 0 Å². The van der Waals surface area contributed by atoms with Gasteiger partial charge in [-0.1, -0.05) is 17.7 Å². The van der Waals surface area contributed by atoms with E-state index in [1.807, 2.05) is 45.3 Å². The fourth-order valence-corrected chi connectivity index (χ4v) is 1.08. The van der Waals surface area contributed by atoms with Crippen LogP contribution in [0.5, 0.6) is 0 Å². The molecular weight excluding hydrogens is 200 g/mol. The highest BCUT2D eigenvalue weighted by molar-refractivity contribution is 5.93. The lowest BCUT2D eigenvalue weighted by Gasteiger charge is -2.11. The summed E-state index contributed by atoms with van der Waals surface area (Å²) in [6.07, 6.45) is 1.64. The Labute approximate surface area is 96.3 Å². The SMILES string of the molecule is Cc1ccc(N=C(N)C=C(N)N(C)C)cc1. The number of aryl methyl sites for hydroxylation is 1. The summed E-state index contributed by atoms with van der Waals surface area (Å²) >= 11 is 0. The van der Waals surface area contributed by atoms with Gasteiger partial charge in [-0.3, -0.25) is 0 Å². The molecule has 1 aromatic carbocycles. The minimum absolute atomic E-state index is 0.398. The summed E-state index contributed by atoms with van der Waals surface area (Å²) in [7, 11) is 3.70. The maximum atomic E-state index is 5.75. The maximum absolute atomic E-state index is 5.75. The lowest BCUT2D eigenvalue weighted by Crippen LogP contribution is -2.21. The van der Waals surface area contributed by atoms with Gasteiger partial charge in [0, 0.05) is 20.2 Å². The zero-order valence-electron chi connectivity index (χ0n) is 9.94. The van der Waals surface area contributed by atoms with Gasteiger partial charge in [-0.25, -0.2) is 4.99 Å². The molecule has 0 saturated heterocycles. The molecule has 0 aliphatic carbocycles. The zero-order chi connectivity index (χ0) is 12.1. The minimum Gasteiger partial charge on any atom is -0.385 e. The van der Waals surface area contributed by atoms with Crippen LogP contribution in [0.15, 0.2) is 41.2 Å². The van der Waals surface area contributed by atoms with Gasteiger partial charge in [0.15, 0.2) is 0 Å². The predicted molar refractivity (Wildman–Crippen MR) is 68.4 cm³/mol. The quantitative estimate of drug-likeness (QED) is 0.594. The van der Waals surface area contributed by atoms with Gasteiger partial charge in [-0.15, -0.1) is 0 Å². The monoisotopic (exact) mass is 218 g/mol. The van der Waals surface area contributed by atoms with Crippen molar-refractivity contribution in [2.24, 2.45) is 16.5 Å². The largest absolute Gasteiger partial charge is 0.385 e. The lowest BCUT2D eigenvalue weighted by atomic mass is 10.2. The summed E-state index contributed by atoms with van der Waals surface area (Å²) in [6.45, 7) is 2.03. The molecule has 4 nitrogen and oxygen atoms in total. The Morgan fingerprint density at radius 3 is 2.25 bits per heavy atom. The van der Waals surface area contributed by atoms with E-state index in [9.17, 15) is 0 Å². The average molecular weight is 218 g/mol. The molecule has 4 N–H and O–H groups in total. The van der Waals surface area contributed by atoms with Crippen molar-refractivity contribution in [3.8, 4) is 0 Å². The number of amidine groups is 1. The van der Waals surface area contributed by atoms with Crippen LogP contribution in [-0.2, 0) is 0 Å². The fraction of sp³-hybridized carbons (Fsp3) is 0.250. The molecule has 0 fully saturated rings. The van der Waals surface area contributed by atoms with Crippen LogP contribution in [0.1, 0.15) is 5.56 Å². The van der Waals surface area contributed by atoms with Crippen molar-refractivity contribution in [1.82, 2.24) is 4.90 Å². The molecule has 0 saturated carbocycles. The van der Waals surface area contributed by atoms with Crippen molar-refractivity contribution >= 4 is 11.5 Å². The van der Waals surface area contributed by atoms with Crippen molar-refractivity contribution in [3.63, 3.8) is 0 Å². The molecule has 0 unspecified atom stereocenters. The second-order valence-corrected chi connectivity index (χ2v) is 3.84. The van der Waals surface area contributed by atoms with Crippen LogP contribution in [0, 0.1) is 6.92 Å². The van der Waals surface area contributed by atoms with Crippen molar-refractivity contribution in [2.75, 3.05) is 14.1 Å². The molecule has 0 atom stereocenters. The first kappa shape index (κ1) is 12.1. The molecule has 0 spiro atoms. The Balaban J connectivity index is 2.85. The van der Waals surface area contributed by atoms with E-state index in [0.29, 0.717) is 11.7 Å². The van der Waals surface area contributed by atoms with E-state index in [0.717, 1.165) is 5.69 Å². The van der Waals surface area contributed by atoms with Gasteiger partial charge >= 0.3 is 0 Å². The van der Waals surface area contributed by atoms with E-state index in [1.54, 1.807) is 11.0 Å². The first-order chi connectivity index (χ1) is 7.49. The maximum Gasteiger partial charge on any atom is 0.127 e. The second kappa shape index (κ2) is 5.21. The normalized spacial score (nSPS) is 12.7. The van der Waals surface area contributed by atoms with Gasteiger partial charge in [-0.2, -0.15) is 0 Å². The molecule has 0 radical (unpaired) electrons. The summed E-state index contributed by atoms with van der Waals surface area (Å²) in [6, 6.07) is 7.82. The molecule has 86 valence electrons. The van der Waals surface area contributed by atoms with E-state index in [1.165, 1.54) is 5.56 Å². The summed E-state index contributed by atoms with van der Waals surface area (Å²) < 4.78 is 0. The molecule has 0 aromatic heterocycles. The Hall–Kier alpha value is -1.97. The van der Waals surface area contributed by atoms with E-state index < -0.39 is 0 Å². The van der Waals surface area contributed by atoms with Crippen molar-refractivity contribution < 1.29 is 0 Å². The van der Waals surface area contributed by atoms with Gasteiger partial charge < -0.3 is 16.4 Å². The molecule has 1 rings (SSSR count). The molecular formula is C12H18N4. The Morgan fingerprint density at radius 2 is 1.75 bits per heavy atom. The molecule has 1 aromatic rings. The highest BCUT2D eigenvalue weighted by Gasteiger charge is 1.95. The number of nitrogens with two attached hydrogens (primary N) is 2. The van der Waals surface area contributed by atoms with Crippen LogP contribution >= 0.6 is 0 Å². The first-order valence-corrected chi connectivity index (χ1v) is 5.04. The zero-order valence-corrected chi connectivity index (χ0v) is 9.94. The molecule has 4 heteroatoms. The lowest BCUT2D eigenvalue weighted by molar-refractivity contribution is 0.506. The standard InChI is InChI=1S/C12H18N4/c1-9-4-6-10(7-5-9)15-11(13)8-12(14)16(2)3/h4-8H,14H2,1-3H3,(H2,13,15). The summed E-state index contributed by atoms with van der Waals surface area (Å²) in [5.74, 6) is 0.975.